The van der Waals surface area contributed by atoms with Crippen LogP contribution in [-0.4, -0.2) is 0 Å². The summed E-state index contributed by atoms with van der Waals surface area (Å²) in [7, 11) is 0. The Balaban J connectivity index is 2.33. The van der Waals surface area contributed by atoms with E-state index in [0.29, 0.717) is 0 Å². The van der Waals surface area contributed by atoms with Crippen molar-refractivity contribution in [3.05, 3.63) is 45.3 Å². The summed E-state index contributed by atoms with van der Waals surface area (Å²) in [5, 5.41) is 2.27. The molecule has 2 heteroatoms. The smallest absolute Gasteiger partial charge is 0.0489 e. The van der Waals surface area contributed by atoms with E-state index >= 15 is 0 Å². The number of aryl methyl sites for hydroxylation is 5. The molecule has 3 aromatic rings. The fraction of sp³-hybridized carbons (Fsp3) is 0.294. The first-order valence-corrected chi connectivity index (χ1v) is 8.24. The zero-order chi connectivity index (χ0) is 13.7. The summed E-state index contributed by atoms with van der Waals surface area (Å²) in [4.78, 5) is 1.46. The summed E-state index contributed by atoms with van der Waals surface area (Å²) in [5.41, 5.74) is 8.45. The van der Waals surface area contributed by atoms with E-state index in [-0.39, 0.29) is 0 Å². The lowest BCUT2D eigenvalue weighted by atomic mass is 9.97. The van der Waals surface area contributed by atoms with Crippen molar-refractivity contribution in [2.24, 2.45) is 0 Å². The van der Waals surface area contributed by atoms with Gasteiger partial charge in [-0.3, -0.25) is 0 Å². The van der Waals surface area contributed by atoms with E-state index in [1.54, 1.807) is 0 Å². The Hall–Kier alpha value is -1.12. The van der Waals surface area contributed by atoms with Crippen LogP contribution in [0.3, 0.4) is 0 Å². The normalized spacial score (nSPS) is 11.4. The fourth-order valence-electron chi connectivity index (χ4n) is 2.88. The van der Waals surface area contributed by atoms with Gasteiger partial charge in [-0.2, -0.15) is 0 Å². The van der Waals surface area contributed by atoms with Crippen LogP contribution in [-0.2, 0) is 0 Å². The average molecular weight is 286 g/mol. The molecule has 0 radical (unpaired) electrons. The Morgan fingerprint density at radius 3 is 2.00 bits per heavy atom. The molecule has 98 valence electrons. The van der Waals surface area contributed by atoms with E-state index in [1.807, 2.05) is 22.7 Å². The van der Waals surface area contributed by atoms with Crippen LogP contribution in [0.4, 0.5) is 0 Å². The predicted molar refractivity (Wildman–Crippen MR) is 88.8 cm³/mol. The molecule has 0 spiro atoms. The molecule has 0 aliphatic heterocycles. The van der Waals surface area contributed by atoms with Gasteiger partial charge in [-0.25, -0.2) is 0 Å². The molecular weight excluding hydrogens is 268 g/mol. The van der Waals surface area contributed by atoms with Crippen LogP contribution in [0.5, 0.6) is 0 Å². The van der Waals surface area contributed by atoms with Crippen molar-refractivity contribution in [1.29, 1.82) is 0 Å². The zero-order valence-electron chi connectivity index (χ0n) is 12.0. The van der Waals surface area contributed by atoms with Crippen molar-refractivity contribution in [3.63, 3.8) is 0 Å². The second-order valence-electron chi connectivity index (χ2n) is 5.41. The van der Waals surface area contributed by atoms with E-state index in [4.69, 9.17) is 0 Å². The van der Waals surface area contributed by atoms with Gasteiger partial charge in [-0.1, -0.05) is 17.7 Å². The summed E-state index contributed by atoms with van der Waals surface area (Å²) in [6.07, 6.45) is 0. The van der Waals surface area contributed by atoms with Crippen molar-refractivity contribution < 1.29 is 0 Å². The molecule has 3 rings (SSSR count). The van der Waals surface area contributed by atoms with Gasteiger partial charge in [-0.15, -0.1) is 22.7 Å². The van der Waals surface area contributed by atoms with Crippen LogP contribution < -0.4 is 0 Å². The number of rotatable bonds is 1. The van der Waals surface area contributed by atoms with Gasteiger partial charge in [0.2, 0.25) is 0 Å². The molecular formula is C17H18S2. The molecule has 0 N–H and O–H groups in total. The summed E-state index contributed by atoms with van der Waals surface area (Å²) < 4.78 is 2.94. The van der Waals surface area contributed by atoms with Crippen molar-refractivity contribution in [1.82, 2.24) is 0 Å². The highest BCUT2D eigenvalue weighted by Gasteiger charge is 2.16. The first kappa shape index (κ1) is 12.9. The molecule has 2 aromatic heterocycles. The summed E-state index contributed by atoms with van der Waals surface area (Å²) in [5.74, 6) is 0. The second kappa shape index (κ2) is 4.46. The summed E-state index contributed by atoms with van der Waals surface area (Å²) in [6, 6.07) is 4.59. The maximum Gasteiger partial charge on any atom is 0.0489 e. The monoisotopic (exact) mass is 286 g/mol. The minimum Gasteiger partial charge on any atom is -0.142 e. The fourth-order valence-corrected chi connectivity index (χ4v) is 5.59. The number of thiophene rings is 2. The van der Waals surface area contributed by atoms with Crippen LogP contribution in [0.1, 0.15) is 27.8 Å². The maximum absolute atomic E-state index is 2.29. The summed E-state index contributed by atoms with van der Waals surface area (Å²) >= 11 is 3.84. The van der Waals surface area contributed by atoms with E-state index in [1.165, 1.54) is 47.7 Å². The molecule has 0 atom stereocenters. The standard InChI is InChI=1S/C17H18S2/c1-9-6-10(2)14(11(3)7-9)16-13(5)17-15(19-16)12(4)8-18-17/h6-8H,1-5H3. The Bertz CT molecular complexity index is 749. The highest BCUT2D eigenvalue weighted by atomic mass is 32.1. The maximum atomic E-state index is 2.29. The third-order valence-corrected chi connectivity index (χ3v) is 6.50. The lowest BCUT2D eigenvalue weighted by Crippen LogP contribution is -1.89. The number of benzene rings is 1. The predicted octanol–water partition coefficient (Wildman–Crippen LogP) is 6.17. The minimum absolute atomic E-state index is 1.35. The third kappa shape index (κ3) is 1.94. The Morgan fingerprint density at radius 2 is 1.42 bits per heavy atom. The summed E-state index contributed by atoms with van der Waals surface area (Å²) in [6.45, 7) is 11.1. The quantitative estimate of drug-likeness (QED) is 0.501. The van der Waals surface area contributed by atoms with E-state index < -0.39 is 0 Å². The molecule has 0 saturated heterocycles. The molecule has 19 heavy (non-hydrogen) atoms. The molecule has 0 aliphatic rings. The molecule has 1 aromatic carbocycles. The molecule has 0 fully saturated rings. The lowest BCUT2D eigenvalue weighted by molar-refractivity contribution is 1.32. The Labute approximate surface area is 122 Å². The van der Waals surface area contributed by atoms with Crippen LogP contribution >= 0.6 is 22.7 Å². The van der Waals surface area contributed by atoms with Gasteiger partial charge >= 0.3 is 0 Å². The Kier molecular flexibility index (Phi) is 3.03. The second-order valence-corrected chi connectivity index (χ2v) is 7.31. The highest BCUT2D eigenvalue weighted by Crippen LogP contribution is 2.44. The van der Waals surface area contributed by atoms with Crippen molar-refractivity contribution >= 4 is 32.1 Å². The first-order chi connectivity index (χ1) is 8.99. The van der Waals surface area contributed by atoms with Crippen molar-refractivity contribution in [3.8, 4) is 10.4 Å². The van der Waals surface area contributed by atoms with Gasteiger partial charge < -0.3 is 0 Å². The van der Waals surface area contributed by atoms with Crippen molar-refractivity contribution in [2.75, 3.05) is 0 Å². The van der Waals surface area contributed by atoms with Crippen molar-refractivity contribution in [2.45, 2.75) is 34.6 Å². The number of fused-ring (bicyclic) bond motifs is 1. The molecule has 0 unspecified atom stereocenters. The van der Waals surface area contributed by atoms with Gasteiger partial charge in [0.1, 0.15) is 0 Å². The topological polar surface area (TPSA) is 0 Å². The first-order valence-electron chi connectivity index (χ1n) is 6.54. The van der Waals surface area contributed by atoms with Crippen LogP contribution in [0.2, 0.25) is 0 Å². The van der Waals surface area contributed by atoms with Crippen LogP contribution in [0.15, 0.2) is 17.5 Å². The van der Waals surface area contributed by atoms with Crippen LogP contribution in [0.25, 0.3) is 19.8 Å². The van der Waals surface area contributed by atoms with Gasteiger partial charge in [-0.05, 0) is 67.8 Å². The molecule has 0 nitrogen and oxygen atoms in total. The Morgan fingerprint density at radius 1 is 0.789 bits per heavy atom. The van der Waals surface area contributed by atoms with E-state index in [0.717, 1.165) is 0 Å². The molecule has 2 heterocycles. The average Bonchev–Trinajstić information content (AvgIpc) is 2.81. The van der Waals surface area contributed by atoms with Gasteiger partial charge in [0.25, 0.3) is 0 Å². The highest BCUT2D eigenvalue weighted by molar-refractivity contribution is 7.29. The van der Waals surface area contributed by atoms with Gasteiger partial charge in [0.15, 0.2) is 0 Å². The largest absolute Gasteiger partial charge is 0.142 e. The molecule has 0 saturated carbocycles. The lowest BCUT2D eigenvalue weighted by Gasteiger charge is -2.10. The number of hydrogen-bond acceptors (Lipinski definition) is 2. The van der Waals surface area contributed by atoms with E-state index in [9.17, 15) is 0 Å². The minimum atomic E-state index is 1.35. The zero-order valence-corrected chi connectivity index (χ0v) is 13.7. The van der Waals surface area contributed by atoms with E-state index in [2.05, 4.69) is 52.1 Å². The van der Waals surface area contributed by atoms with Crippen LogP contribution in [0, 0.1) is 34.6 Å². The number of hydrogen-bond donors (Lipinski definition) is 0. The molecule has 0 bridgehead atoms. The van der Waals surface area contributed by atoms with Gasteiger partial charge in [0, 0.05) is 14.3 Å². The SMILES string of the molecule is Cc1cc(C)c(-c2sc3c(C)csc3c2C)c(C)c1. The third-order valence-electron chi connectivity index (χ3n) is 3.71. The molecule has 0 aliphatic carbocycles. The van der Waals surface area contributed by atoms with Gasteiger partial charge in [0.05, 0.1) is 0 Å². The molecule has 0 amide bonds.